The van der Waals surface area contributed by atoms with Crippen LogP contribution in [0.25, 0.3) is 0 Å². The first-order valence-corrected chi connectivity index (χ1v) is 10.9. The van der Waals surface area contributed by atoms with Gasteiger partial charge in [0, 0.05) is 10.9 Å². The zero-order valence-corrected chi connectivity index (χ0v) is 18.3. The Morgan fingerprint density at radius 3 is 2.65 bits per heavy atom. The Kier molecular flexibility index (Phi) is 7.33. The van der Waals surface area contributed by atoms with Crippen molar-refractivity contribution in [3.63, 3.8) is 0 Å². The molecule has 1 heterocycles. The van der Waals surface area contributed by atoms with E-state index in [1.54, 1.807) is 54.6 Å². The molecule has 2 aromatic carbocycles. The summed E-state index contributed by atoms with van der Waals surface area (Å²) in [6.45, 7) is 0.0276. The van der Waals surface area contributed by atoms with Gasteiger partial charge < -0.3 is 14.9 Å². The standard InChI is InChI=1S/C23H23BrFNO5/c24-13-4-3-11-23(21(27)28)12-10-20(26(23)22(29)30)16-7-5-8-18(14-16)31-15-17-6-1-2-9-19(17)25/h1-9,14,20H,10-13,15H2,(H,27,28)(H,29,30)/b4-3-/t20-,23+/m1/s1. The second kappa shape index (κ2) is 9.96. The van der Waals surface area contributed by atoms with E-state index in [2.05, 4.69) is 15.9 Å². The number of carboxylic acid groups (broad SMARTS) is 2. The third-order valence-corrected chi connectivity index (χ3v) is 5.89. The maximum absolute atomic E-state index is 13.8. The quantitative estimate of drug-likeness (QED) is 0.382. The average Bonchev–Trinajstić information content (AvgIpc) is 3.15. The first-order chi connectivity index (χ1) is 14.9. The monoisotopic (exact) mass is 491 g/mol. The molecule has 2 atom stereocenters. The van der Waals surface area contributed by atoms with Crippen molar-refractivity contribution in [2.24, 2.45) is 0 Å². The fourth-order valence-corrected chi connectivity index (χ4v) is 4.25. The molecule has 1 fully saturated rings. The van der Waals surface area contributed by atoms with Gasteiger partial charge in [-0.3, -0.25) is 4.90 Å². The molecule has 1 aliphatic heterocycles. The number of alkyl halides is 1. The highest BCUT2D eigenvalue weighted by atomic mass is 79.9. The lowest BCUT2D eigenvalue weighted by molar-refractivity contribution is -0.149. The summed E-state index contributed by atoms with van der Waals surface area (Å²) in [4.78, 5) is 25.3. The minimum Gasteiger partial charge on any atom is -0.489 e. The number of rotatable bonds is 8. The third kappa shape index (κ3) is 4.90. The number of halogens is 2. The van der Waals surface area contributed by atoms with Crippen molar-refractivity contribution in [1.82, 2.24) is 4.90 Å². The predicted octanol–water partition coefficient (Wildman–Crippen LogP) is 5.38. The summed E-state index contributed by atoms with van der Waals surface area (Å²) in [5, 5.41) is 20.4. The number of amides is 1. The molecule has 1 aliphatic rings. The normalized spacial score (nSPS) is 20.8. The molecule has 3 rings (SSSR count). The Balaban J connectivity index is 1.85. The van der Waals surface area contributed by atoms with Gasteiger partial charge in [0.15, 0.2) is 0 Å². The van der Waals surface area contributed by atoms with Crippen LogP contribution in [0.1, 0.15) is 36.4 Å². The fourth-order valence-electron chi connectivity index (χ4n) is 3.98. The van der Waals surface area contributed by atoms with Gasteiger partial charge in [-0.2, -0.15) is 0 Å². The number of ether oxygens (including phenoxy) is 1. The molecule has 1 amide bonds. The van der Waals surface area contributed by atoms with E-state index < -0.39 is 23.6 Å². The highest BCUT2D eigenvalue weighted by Crippen LogP contribution is 2.45. The number of benzene rings is 2. The fraction of sp³-hybridized carbons (Fsp3) is 0.304. The van der Waals surface area contributed by atoms with Gasteiger partial charge >= 0.3 is 12.1 Å². The maximum atomic E-state index is 13.8. The molecule has 0 saturated carbocycles. The summed E-state index contributed by atoms with van der Waals surface area (Å²) in [6, 6.07) is 12.5. The van der Waals surface area contributed by atoms with Crippen LogP contribution in [-0.4, -0.2) is 38.0 Å². The summed E-state index contributed by atoms with van der Waals surface area (Å²) in [7, 11) is 0. The van der Waals surface area contributed by atoms with Gasteiger partial charge in [0.05, 0.1) is 6.04 Å². The smallest absolute Gasteiger partial charge is 0.408 e. The van der Waals surface area contributed by atoms with Crippen LogP contribution in [0.2, 0.25) is 0 Å². The van der Waals surface area contributed by atoms with E-state index in [0.29, 0.717) is 28.6 Å². The van der Waals surface area contributed by atoms with E-state index in [-0.39, 0.29) is 25.3 Å². The number of likely N-dealkylation sites (tertiary alicyclic amines) is 1. The van der Waals surface area contributed by atoms with Crippen molar-refractivity contribution in [3.05, 3.63) is 77.6 Å². The van der Waals surface area contributed by atoms with Gasteiger partial charge in [-0.25, -0.2) is 14.0 Å². The molecule has 2 N–H and O–H groups in total. The number of aliphatic carboxylic acids is 1. The molecule has 31 heavy (non-hydrogen) atoms. The van der Waals surface area contributed by atoms with E-state index in [1.807, 2.05) is 0 Å². The van der Waals surface area contributed by atoms with Crippen molar-refractivity contribution in [2.75, 3.05) is 5.33 Å². The Labute approximate surface area is 188 Å². The molecular formula is C23H23BrFNO5. The molecule has 1 saturated heterocycles. The zero-order chi connectivity index (χ0) is 22.4. The van der Waals surface area contributed by atoms with Gasteiger partial charge in [-0.05, 0) is 43.0 Å². The van der Waals surface area contributed by atoms with Crippen LogP contribution in [-0.2, 0) is 11.4 Å². The van der Waals surface area contributed by atoms with Gasteiger partial charge in [0.1, 0.15) is 23.7 Å². The van der Waals surface area contributed by atoms with Crippen molar-refractivity contribution in [2.45, 2.75) is 37.5 Å². The summed E-state index contributed by atoms with van der Waals surface area (Å²) < 4.78 is 19.5. The first kappa shape index (κ1) is 22.8. The Hall–Kier alpha value is -2.87. The summed E-state index contributed by atoms with van der Waals surface area (Å²) in [5.41, 5.74) is -0.482. The maximum Gasteiger partial charge on any atom is 0.408 e. The van der Waals surface area contributed by atoms with E-state index in [4.69, 9.17) is 4.74 Å². The zero-order valence-electron chi connectivity index (χ0n) is 16.7. The van der Waals surface area contributed by atoms with Crippen LogP contribution in [0.4, 0.5) is 9.18 Å². The van der Waals surface area contributed by atoms with Crippen LogP contribution >= 0.6 is 15.9 Å². The number of carboxylic acids is 1. The number of hydrogen-bond acceptors (Lipinski definition) is 3. The van der Waals surface area contributed by atoms with E-state index >= 15 is 0 Å². The van der Waals surface area contributed by atoms with Gasteiger partial charge in [0.2, 0.25) is 0 Å². The largest absolute Gasteiger partial charge is 0.489 e. The Morgan fingerprint density at radius 2 is 1.97 bits per heavy atom. The predicted molar refractivity (Wildman–Crippen MR) is 117 cm³/mol. The molecule has 0 unspecified atom stereocenters. The molecule has 0 aliphatic carbocycles. The van der Waals surface area contributed by atoms with Crippen LogP contribution in [0.3, 0.4) is 0 Å². The third-order valence-electron chi connectivity index (χ3n) is 5.51. The Morgan fingerprint density at radius 1 is 1.19 bits per heavy atom. The molecule has 0 spiro atoms. The van der Waals surface area contributed by atoms with Crippen molar-refractivity contribution < 1.29 is 28.9 Å². The molecule has 8 heteroatoms. The van der Waals surface area contributed by atoms with E-state index in [0.717, 1.165) is 4.90 Å². The van der Waals surface area contributed by atoms with E-state index in [9.17, 15) is 24.2 Å². The van der Waals surface area contributed by atoms with Crippen LogP contribution in [0.15, 0.2) is 60.7 Å². The average molecular weight is 492 g/mol. The van der Waals surface area contributed by atoms with Crippen molar-refractivity contribution in [1.29, 1.82) is 0 Å². The molecule has 0 aromatic heterocycles. The molecule has 164 valence electrons. The Bertz CT molecular complexity index is 982. The summed E-state index contributed by atoms with van der Waals surface area (Å²) >= 11 is 3.25. The second-order valence-corrected chi connectivity index (χ2v) is 7.97. The topological polar surface area (TPSA) is 87.1 Å². The minimum absolute atomic E-state index is 0.0276. The molecular weight excluding hydrogens is 469 g/mol. The van der Waals surface area contributed by atoms with Crippen LogP contribution < -0.4 is 4.74 Å². The molecule has 0 bridgehead atoms. The van der Waals surface area contributed by atoms with Gasteiger partial charge in [0.25, 0.3) is 0 Å². The SMILES string of the molecule is O=C(O)N1[C@@H](c2cccc(OCc3ccccc3F)c2)CC[C@@]1(C/C=C\CBr)C(=O)O. The van der Waals surface area contributed by atoms with Crippen molar-refractivity contribution in [3.8, 4) is 5.75 Å². The van der Waals surface area contributed by atoms with E-state index in [1.165, 1.54) is 6.07 Å². The van der Waals surface area contributed by atoms with Gasteiger partial charge in [-0.1, -0.05) is 58.4 Å². The number of hydrogen-bond donors (Lipinski definition) is 2. The highest BCUT2D eigenvalue weighted by Gasteiger charge is 2.54. The lowest BCUT2D eigenvalue weighted by Crippen LogP contribution is -2.53. The minimum atomic E-state index is -1.53. The van der Waals surface area contributed by atoms with Crippen LogP contribution in [0, 0.1) is 5.82 Å². The summed E-state index contributed by atoms with van der Waals surface area (Å²) in [6.07, 6.45) is 2.82. The number of carbonyl (C=O) groups is 2. The molecule has 0 radical (unpaired) electrons. The summed E-state index contributed by atoms with van der Waals surface area (Å²) in [5.74, 6) is -1.07. The highest BCUT2D eigenvalue weighted by molar-refractivity contribution is 9.09. The second-order valence-electron chi connectivity index (χ2n) is 7.33. The number of allylic oxidation sites excluding steroid dienone is 1. The van der Waals surface area contributed by atoms with Crippen molar-refractivity contribution >= 4 is 28.0 Å². The first-order valence-electron chi connectivity index (χ1n) is 9.82. The lowest BCUT2D eigenvalue weighted by atomic mass is 9.92. The lowest BCUT2D eigenvalue weighted by Gasteiger charge is -2.35. The molecule has 6 nitrogen and oxygen atoms in total. The van der Waals surface area contributed by atoms with Crippen LogP contribution in [0.5, 0.6) is 5.75 Å². The number of nitrogens with zero attached hydrogens (tertiary/aromatic N) is 1. The molecule has 2 aromatic rings. The van der Waals surface area contributed by atoms with Gasteiger partial charge in [-0.15, -0.1) is 0 Å².